The molecule has 4 fully saturated rings. The number of carbonyl (C=O) groups excluding carboxylic acids is 1. The summed E-state index contributed by atoms with van der Waals surface area (Å²) < 4.78 is 12.9. The summed E-state index contributed by atoms with van der Waals surface area (Å²) in [6, 6.07) is 0. The van der Waals surface area contributed by atoms with Gasteiger partial charge in [0.2, 0.25) is 0 Å². The molecule has 8 atom stereocenters. The molecule has 0 spiro atoms. The van der Waals surface area contributed by atoms with Gasteiger partial charge in [0.15, 0.2) is 8.32 Å². The molecule has 4 aliphatic carbocycles. The molecule has 0 aromatic heterocycles. The number of hydrogen-bond donors (Lipinski definition) is 0. The monoisotopic (exact) mass is 448 g/mol. The highest BCUT2D eigenvalue weighted by atomic mass is 28.4. The highest BCUT2D eigenvalue weighted by molar-refractivity contribution is 6.74. The first kappa shape index (κ1) is 23.9. The molecular formula is C27H48O3Si. The number of carbonyl (C=O) groups is 1. The Morgan fingerprint density at radius 2 is 1.61 bits per heavy atom. The fourth-order valence-corrected chi connectivity index (χ4v) is 9.70. The summed E-state index contributed by atoms with van der Waals surface area (Å²) >= 11 is 0. The van der Waals surface area contributed by atoms with Crippen LogP contribution in [-0.4, -0.2) is 33.4 Å². The van der Waals surface area contributed by atoms with Crippen molar-refractivity contribution in [3.63, 3.8) is 0 Å². The van der Waals surface area contributed by atoms with E-state index in [0.717, 1.165) is 36.4 Å². The molecule has 4 saturated carbocycles. The van der Waals surface area contributed by atoms with E-state index in [4.69, 9.17) is 9.16 Å². The zero-order valence-corrected chi connectivity index (χ0v) is 22.3. The minimum absolute atomic E-state index is 0.274. The van der Waals surface area contributed by atoms with E-state index in [1.54, 1.807) is 0 Å². The number of ether oxygens (including phenoxy) is 1. The molecule has 0 heterocycles. The lowest BCUT2D eigenvalue weighted by atomic mass is 9.45. The zero-order chi connectivity index (χ0) is 22.7. The van der Waals surface area contributed by atoms with Crippen LogP contribution in [0, 0.1) is 34.5 Å². The van der Waals surface area contributed by atoms with Gasteiger partial charge in [0.1, 0.15) is 12.9 Å². The van der Waals surface area contributed by atoms with E-state index in [2.05, 4.69) is 47.7 Å². The van der Waals surface area contributed by atoms with Crippen LogP contribution in [0.2, 0.25) is 18.1 Å². The molecule has 3 nitrogen and oxygen atoms in total. The van der Waals surface area contributed by atoms with Gasteiger partial charge in [0.05, 0.1) is 6.10 Å². The van der Waals surface area contributed by atoms with Crippen LogP contribution in [0.1, 0.15) is 92.4 Å². The number of fused-ring (bicyclic) bond motifs is 5. The number of rotatable bonds is 5. The lowest BCUT2D eigenvalue weighted by molar-refractivity contribution is -0.142. The Labute approximate surface area is 192 Å². The predicted molar refractivity (Wildman–Crippen MR) is 130 cm³/mol. The molecule has 0 N–H and O–H groups in total. The maximum Gasteiger partial charge on any atom is 0.192 e. The highest BCUT2D eigenvalue weighted by Crippen LogP contribution is 2.66. The Morgan fingerprint density at radius 3 is 2.29 bits per heavy atom. The number of aldehydes is 1. The van der Waals surface area contributed by atoms with Crippen molar-refractivity contribution >= 4 is 14.6 Å². The molecule has 0 bridgehead atoms. The molecule has 178 valence electrons. The van der Waals surface area contributed by atoms with Gasteiger partial charge in [-0.3, -0.25) is 0 Å². The van der Waals surface area contributed by atoms with Crippen LogP contribution in [0.4, 0.5) is 0 Å². The Morgan fingerprint density at radius 1 is 0.935 bits per heavy atom. The maximum atomic E-state index is 10.9. The van der Waals surface area contributed by atoms with Gasteiger partial charge in [0, 0.05) is 6.10 Å². The van der Waals surface area contributed by atoms with Crippen LogP contribution in [0.3, 0.4) is 0 Å². The quantitative estimate of drug-likeness (QED) is 0.335. The molecule has 0 radical (unpaired) electrons. The zero-order valence-electron chi connectivity index (χ0n) is 21.3. The first-order valence-corrected chi connectivity index (χ1v) is 16.1. The summed E-state index contributed by atoms with van der Waals surface area (Å²) in [5, 5.41) is 0.296. The Balaban J connectivity index is 1.45. The molecule has 0 saturated heterocycles. The largest absolute Gasteiger partial charge is 0.414 e. The van der Waals surface area contributed by atoms with E-state index < -0.39 is 8.32 Å². The molecule has 4 rings (SSSR count). The van der Waals surface area contributed by atoms with Crippen molar-refractivity contribution in [1.82, 2.24) is 0 Å². The first-order valence-electron chi connectivity index (χ1n) is 13.2. The molecule has 0 aromatic rings. The van der Waals surface area contributed by atoms with E-state index in [0.29, 0.717) is 22.7 Å². The maximum absolute atomic E-state index is 10.9. The van der Waals surface area contributed by atoms with Crippen molar-refractivity contribution in [3.8, 4) is 0 Å². The van der Waals surface area contributed by atoms with Crippen LogP contribution in [0.15, 0.2) is 0 Å². The van der Waals surface area contributed by atoms with Crippen LogP contribution in [-0.2, 0) is 14.0 Å². The summed E-state index contributed by atoms with van der Waals surface area (Å²) in [4.78, 5) is 10.9. The summed E-state index contributed by atoms with van der Waals surface area (Å²) in [6.07, 6.45) is 13.5. The summed E-state index contributed by atoms with van der Waals surface area (Å²) in [5.74, 6) is 3.37. The molecule has 4 heteroatoms. The van der Waals surface area contributed by atoms with Gasteiger partial charge >= 0.3 is 0 Å². The van der Waals surface area contributed by atoms with Gasteiger partial charge < -0.3 is 14.0 Å². The third-order valence-corrected chi connectivity index (χ3v) is 15.7. The molecule has 0 aliphatic heterocycles. The predicted octanol–water partition coefficient (Wildman–Crippen LogP) is 7.00. The van der Waals surface area contributed by atoms with Gasteiger partial charge in [-0.25, -0.2) is 0 Å². The summed E-state index contributed by atoms with van der Waals surface area (Å²) in [6.45, 7) is 17.3. The van der Waals surface area contributed by atoms with E-state index in [1.165, 1.54) is 51.4 Å². The smallest absolute Gasteiger partial charge is 0.192 e. The Hall–Kier alpha value is -0.193. The van der Waals surface area contributed by atoms with Gasteiger partial charge in [-0.2, -0.15) is 0 Å². The highest BCUT2D eigenvalue weighted by Gasteiger charge is 2.60. The molecule has 31 heavy (non-hydrogen) atoms. The third-order valence-electron chi connectivity index (χ3n) is 11.2. The minimum Gasteiger partial charge on any atom is -0.414 e. The van der Waals surface area contributed by atoms with Crippen molar-refractivity contribution in [3.05, 3.63) is 0 Å². The van der Waals surface area contributed by atoms with E-state index in [-0.39, 0.29) is 12.0 Å². The van der Waals surface area contributed by atoms with Crippen LogP contribution in [0.5, 0.6) is 0 Å². The van der Waals surface area contributed by atoms with E-state index in [1.807, 2.05) is 0 Å². The third kappa shape index (κ3) is 4.01. The summed E-state index contributed by atoms with van der Waals surface area (Å²) in [5.41, 5.74) is 0.787. The SMILES string of the molecule is CC(C)(C)[Si](C)(C)OC1CC[C@@]2(C)[C@@H](CC[C@@H]3[C@@H]2CC[C@]2(C)[C@@H](OCC=O)CC[C@@H]32)C1. The van der Waals surface area contributed by atoms with Gasteiger partial charge in [-0.1, -0.05) is 34.6 Å². The van der Waals surface area contributed by atoms with Crippen molar-refractivity contribution in [2.45, 2.75) is 123 Å². The first-order chi connectivity index (χ1) is 14.4. The molecule has 0 amide bonds. The van der Waals surface area contributed by atoms with Crippen LogP contribution < -0.4 is 0 Å². The fourth-order valence-electron chi connectivity index (χ4n) is 8.30. The fraction of sp³-hybridized carbons (Fsp3) is 0.963. The second kappa shape index (κ2) is 8.23. The van der Waals surface area contributed by atoms with Crippen molar-refractivity contribution in [1.29, 1.82) is 0 Å². The average molecular weight is 449 g/mol. The van der Waals surface area contributed by atoms with E-state index in [9.17, 15) is 4.79 Å². The van der Waals surface area contributed by atoms with Crippen LogP contribution >= 0.6 is 0 Å². The van der Waals surface area contributed by atoms with Crippen molar-refractivity contribution in [2.24, 2.45) is 34.5 Å². The second-order valence-electron chi connectivity index (χ2n) is 13.5. The molecule has 4 aliphatic rings. The minimum atomic E-state index is -1.69. The summed E-state index contributed by atoms with van der Waals surface area (Å²) in [7, 11) is -1.69. The lowest BCUT2D eigenvalue weighted by Gasteiger charge is -2.61. The molecular weight excluding hydrogens is 400 g/mol. The van der Waals surface area contributed by atoms with Crippen molar-refractivity contribution in [2.75, 3.05) is 6.61 Å². The molecule has 0 aromatic carbocycles. The standard InChI is InChI=1S/C27H48O3Si/c1-25(2,3)31(6,7)30-20-12-14-26(4)19(18-20)8-9-21-22-10-11-24(29-17-16-28)27(22,5)15-13-23(21)26/h16,19-24H,8-15,17-18H2,1-7H3/t19-,20?,21-,22-,23-,24-,26-,27-/m0/s1. The average Bonchev–Trinajstić information content (AvgIpc) is 3.02. The van der Waals surface area contributed by atoms with Gasteiger partial charge in [-0.05, 0) is 110 Å². The lowest BCUT2D eigenvalue weighted by Crippen LogP contribution is -2.55. The van der Waals surface area contributed by atoms with E-state index >= 15 is 0 Å². The molecule has 1 unspecified atom stereocenters. The normalized spacial score (nSPS) is 45.5. The topological polar surface area (TPSA) is 35.5 Å². The Kier molecular flexibility index (Phi) is 6.36. The Bertz CT molecular complexity index is 670. The van der Waals surface area contributed by atoms with Gasteiger partial charge in [0.25, 0.3) is 0 Å². The van der Waals surface area contributed by atoms with Crippen molar-refractivity contribution < 1.29 is 14.0 Å². The number of hydrogen-bond acceptors (Lipinski definition) is 3. The van der Waals surface area contributed by atoms with Gasteiger partial charge in [-0.15, -0.1) is 0 Å². The second-order valence-corrected chi connectivity index (χ2v) is 18.3. The van der Waals surface area contributed by atoms with Crippen LogP contribution in [0.25, 0.3) is 0 Å².